The minimum atomic E-state index is 0.341. The number of Topliss-reactive ketones (excluding diaryl/α,β-unsaturated/α-hetero) is 1. The van der Waals surface area contributed by atoms with Gasteiger partial charge in [0.1, 0.15) is 5.78 Å². The first-order valence-corrected chi connectivity index (χ1v) is 11.7. The standard InChI is InChI=1S/C24H47NO/c1-2-3-4-5-6-7-8-9-10-11-12-13-14-15-16-17-18-19-20-21-24(26)22-23-25/h9-10H,2-8,11-23,25H2,1H3/b10-9-. The Morgan fingerprint density at radius 3 is 1.50 bits per heavy atom. The number of hydrogen-bond donors (Lipinski definition) is 1. The van der Waals surface area contributed by atoms with Crippen molar-refractivity contribution >= 4 is 5.78 Å². The monoisotopic (exact) mass is 365 g/mol. The molecule has 0 rings (SSSR count). The molecule has 0 unspecified atom stereocenters. The van der Waals surface area contributed by atoms with Crippen LogP contribution in [-0.4, -0.2) is 12.3 Å². The van der Waals surface area contributed by atoms with Crippen molar-refractivity contribution in [3.63, 3.8) is 0 Å². The van der Waals surface area contributed by atoms with Crippen LogP contribution in [0.2, 0.25) is 0 Å². The Hall–Kier alpha value is -0.630. The Balaban J connectivity index is 3.10. The Bertz CT molecular complexity index is 311. The normalized spacial score (nSPS) is 11.5. The SMILES string of the molecule is CCCCCCCC/C=C\CCCCCCCCCCCC(=O)CCN. The number of rotatable bonds is 21. The van der Waals surface area contributed by atoms with Gasteiger partial charge in [0.2, 0.25) is 0 Å². The molecule has 154 valence electrons. The average Bonchev–Trinajstić information content (AvgIpc) is 2.64. The lowest BCUT2D eigenvalue weighted by Gasteiger charge is -2.02. The van der Waals surface area contributed by atoms with Crippen molar-refractivity contribution in [3.8, 4) is 0 Å². The molecular weight excluding hydrogens is 318 g/mol. The zero-order valence-electron chi connectivity index (χ0n) is 17.8. The van der Waals surface area contributed by atoms with Gasteiger partial charge >= 0.3 is 0 Å². The van der Waals surface area contributed by atoms with Crippen LogP contribution < -0.4 is 5.73 Å². The van der Waals surface area contributed by atoms with Crippen molar-refractivity contribution < 1.29 is 4.79 Å². The van der Waals surface area contributed by atoms with E-state index < -0.39 is 0 Å². The van der Waals surface area contributed by atoms with E-state index in [-0.39, 0.29) is 0 Å². The van der Waals surface area contributed by atoms with E-state index in [0.29, 0.717) is 18.7 Å². The van der Waals surface area contributed by atoms with E-state index in [1.54, 1.807) is 0 Å². The van der Waals surface area contributed by atoms with Crippen LogP contribution in [0, 0.1) is 0 Å². The highest BCUT2D eigenvalue weighted by Crippen LogP contribution is 2.12. The van der Waals surface area contributed by atoms with Crippen molar-refractivity contribution in [1.82, 2.24) is 0 Å². The maximum Gasteiger partial charge on any atom is 0.134 e. The summed E-state index contributed by atoms with van der Waals surface area (Å²) in [7, 11) is 0. The van der Waals surface area contributed by atoms with Crippen LogP contribution in [0.4, 0.5) is 0 Å². The second kappa shape index (κ2) is 22.4. The third-order valence-corrected chi connectivity index (χ3v) is 5.14. The summed E-state index contributed by atoms with van der Waals surface area (Å²) in [6.07, 6.45) is 28.8. The Kier molecular flexibility index (Phi) is 21.9. The summed E-state index contributed by atoms with van der Waals surface area (Å²) in [6.45, 7) is 2.79. The predicted molar refractivity (Wildman–Crippen MR) is 117 cm³/mol. The summed E-state index contributed by atoms with van der Waals surface area (Å²) in [4.78, 5) is 11.3. The summed E-state index contributed by atoms with van der Waals surface area (Å²) in [6, 6.07) is 0. The summed E-state index contributed by atoms with van der Waals surface area (Å²) in [5.74, 6) is 0.341. The molecule has 2 heteroatoms. The van der Waals surface area contributed by atoms with Crippen LogP contribution in [0.1, 0.15) is 129 Å². The van der Waals surface area contributed by atoms with Crippen molar-refractivity contribution in [2.24, 2.45) is 5.73 Å². The van der Waals surface area contributed by atoms with Gasteiger partial charge in [0.15, 0.2) is 0 Å². The second-order valence-corrected chi connectivity index (χ2v) is 7.83. The lowest BCUT2D eigenvalue weighted by molar-refractivity contribution is -0.119. The van der Waals surface area contributed by atoms with E-state index in [0.717, 1.165) is 12.8 Å². The number of allylic oxidation sites excluding steroid dienone is 2. The van der Waals surface area contributed by atoms with Gasteiger partial charge in [-0.2, -0.15) is 0 Å². The molecule has 0 aliphatic rings. The highest BCUT2D eigenvalue weighted by molar-refractivity contribution is 5.78. The van der Waals surface area contributed by atoms with E-state index in [2.05, 4.69) is 19.1 Å². The van der Waals surface area contributed by atoms with Crippen molar-refractivity contribution in [2.75, 3.05) is 6.54 Å². The molecule has 2 N–H and O–H groups in total. The number of carbonyl (C=O) groups excluding carboxylic acids is 1. The van der Waals surface area contributed by atoms with Crippen LogP contribution in [0.25, 0.3) is 0 Å². The van der Waals surface area contributed by atoms with Crippen LogP contribution in [0.3, 0.4) is 0 Å². The van der Waals surface area contributed by atoms with Crippen molar-refractivity contribution in [3.05, 3.63) is 12.2 Å². The van der Waals surface area contributed by atoms with Crippen LogP contribution in [0.15, 0.2) is 12.2 Å². The van der Waals surface area contributed by atoms with E-state index in [1.165, 1.54) is 103 Å². The highest BCUT2D eigenvalue weighted by Gasteiger charge is 1.99. The first-order valence-electron chi connectivity index (χ1n) is 11.7. The minimum Gasteiger partial charge on any atom is -0.330 e. The molecule has 0 aliphatic carbocycles. The van der Waals surface area contributed by atoms with Gasteiger partial charge < -0.3 is 5.73 Å². The number of unbranched alkanes of at least 4 members (excludes halogenated alkanes) is 15. The predicted octanol–water partition coefficient (Wildman–Crippen LogP) is 7.50. The number of ketones is 1. The Morgan fingerprint density at radius 2 is 1.04 bits per heavy atom. The first kappa shape index (κ1) is 25.4. The van der Waals surface area contributed by atoms with E-state index in [1.807, 2.05) is 0 Å². The van der Waals surface area contributed by atoms with Crippen LogP contribution >= 0.6 is 0 Å². The molecule has 0 aliphatic heterocycles. The zero-order chi connectivity index (χ0) is 19.1. The van der Waals surface area contributed by atoms with Gasteiger partial charge in [-0.1, -0.05) is 96.1 Å². The third kappa shape index (κ3) is 21.4. The summed E-state index contributed by atoms with van der Waals surface area (Å²) in [5, 5.41) is 0. The van der Waals surface area contributed by atoms with Gasteiger partial charge in [-0.3, -0.25) is 4.79 Å². The van der Waals surface area contributed by atoms with E-state index in [9.17, 15) is 4.79 Å². The molecule has 0 aromatic carbocycles. The molecule has 0 atom stereocenters. The maximum absolute atomic E-state index is 11.3. The molecule has 0 heterocycles. The van der Waals surface area contributed by atoms with Gasteiger partial charge in [0, 0.05) is 12.8 Å². The summed E-state index contributed by atoms with van der Waals surface area (Å²) >= 11 is 0. The van der Waals surface area contributed by atoms with Crippen LogP contribution in [0.5, 0.6) is 0 Å². The fraction of sp³-hybridized carbons (Fsp3) is 0.875. The Labute approximate surface area is 164 Å². The number of hydrogen-bond acceptors (Lipinski definition) is 2. The molecule has 0 aromatic rings. The maximum atomic E-state index is 11.3. The lowest BCUT2D eigenvalue weighted by Crippen LogP contribution is -2.07. The van der Waals surface area contributed by atoms with Gasteiger partial charge in [0.05, 0.1) is 0 Å². The van der Waals surface area contributed by atoms with Gasteiger partial charge in [-0.05, 0) is 38.6 Å². The fourth-order valence-electron chi connectivity index (χ4n) is 3.39. The molecular formula is C24H47NO. The minimum absolute atomic E-state index is 0.341. The van der Waals surface area contributed by atoms with E-state index >= 15 is 0 Å². The molecule has 0 saturated carbocycles. The lowest BCUT2D eigenvalue weighted by atomic mass is 10.0. The van der Waals surface area contributed by atoms with E-state index in [4.69, 9.17) is 5.73 Å². The van der Waals surface area contributed by atoms with Crippen molar-refractivity contribution in [2.45, 2.75) is 129 Å². The molecule has 2 nitrogen and oxygen atoms in total. The summed E-state index contributed by atoms with van der Waals surface area (Å²) in [5.41, 5.74) is 5.38. The smallest absolute Gasteiger partial charge is 0.134 e. The molecule has 0 amide bonds. The first-order chi connectivity index (χ1) is 12.8. The number of carbonyl (C=O) groups is 1. The molecule has 0 bridgehead atoms. The second-order valence-electron chi connectivity index (χ2n) is 7.83. The topological polar surface area (TPSA) is 43.1 Å². The highest BCUT2D eigenvalue weighted by atomic mass is 16.1. The molecule has 26 heavy (non-hydrogen) atoms. The van der Waals surface area contributed by atoms with Gasteiger partial charge in [-0.25, -0.2) is 0 Å². The fourth-order valence-corrected chi connectivity index (χ4v) is 3.39. The summed E-state index contributed by atoms with van der Waals surface area (Å²) < 4.78 is 0. The van der Waals surface area contributed by atoms with Crippen molar-refractivity contribution in [1.29, 1.82) is 0 Å². The molecule has 0 spiro atoms. The van der Waals surface area contributed by atoms with Crippen LogP contribution in [-0.2, 0) is 4.79 Å². The van der Waals surface area contributed by atoms with Gasteiger partial charge in [0.25, 0.3) is 0 Å². The molecule has 0 saturated heterocycles. The zero-order valence-corrected chi connectivity index (χ0v) is 17.8. The molecule has 0 aromatic heterocycles. The molecule has 0 radical (unpaired) electrons. The number of nitrogens with two attached hydrogens (primary N) is 1. The average molecular weight is 366 g/mol. The quantitative estimate of drug-likeness (QED) is 0.169. The van der Waals surface area contributed by atoms with Gasteiger partial charge in [-0.15, -0.1) is 0 Å². The largest absolute Gasteiger partial charge is 0.330 e. The Morgan fingerprint density at radius 1 is 0.615 bits per heavy atom. The molecule has 0 fully saturated rings. The third-order valence-electron chi connectivity index (χ3n) is 5.14.